The summed E-state index contributed by atoms with van der Waals surface area (Å²) in [6.07, 6.45) is 2.42. The summed E-state index contributed by atoms with van der Waals surface area (Å²) in [7, 11) is 0. The number of aromatic hydroxyl groups is 1. The van der Waals surface area contributed by atoms with Gasteiger partial charge in [-0.05, 0) is 23.3 Å². The van der Waals surface area contributed by atoms with Gasteiger partial charge >= 0.3 is 0 Å². The summed E-state index contributed by atoms with van der Waals surface area (Å²) in [5, 5.41) is 12.1. The van der Waals surface area contributed by atoms with Crippen LogP contribution >= 0.6 is 0 Å². The van der Waals surface area contributed by atoms with Crippen LogP contribution in [-0.4, -0.2) is 26.5 Å². The molecule has 1 fully saturated rings. The van der Waals surface area contributed by atoms with E-state index >= 15 is 0 Å². The maximum atomic E-state index is 12.3. The maximum absolute atomic E-state index is 12.3. The van der Waals surface area contributed by atoms with E-state index in [2.05, 4.69) is 10.3 Å². The standard InChI is InChI=1S/C21H19N3O3/c25-16-8-4-7-15(9-16)12-24-13-22-18(10-14-5-2-1-3-6-14)20(24)17-11-19(26)23-21(17)27/h1-9,13,17,25H,10-12H2,(H,23,26,27). The summed E-state index contributed by atoms with van der Waals surface area (Å²) in [6.45, 7) is 0.462. The molecule has 1 atom stereocenters. The van der Waals surface area contributed by atoms with Gasteiger partial charge in [0.1, 0.15) is 5.75 Å². The molecule has 6 heteroatoms. The topological polar surface area (TPSA) is 84.2 Å². The smallest absolute Gasteiger partial charge is 0.236 e. The molecular weight excluding hydrogens is 342 g/mol. The summed E-state index contributed by atoms with van der Waals surface area (Å²) >= 11 is 0. The number of carbonyl (C=O) groups is 2. The van der Waals surface area contributed by atoms with Crippen molar-refractivity contribution in [2.75, 3.05) is 0 Å². The van der Waals surface area contributed by atoms with E-state index < -0.39 is 5.92 Å². The number of rotatable bonds is 5. The second-order valence-corrected chi connectivity index (χ2v) is 6.71. The first-order valence-electron chi connectivity index (χ1n) is 8.79. The highest BCUT2D eigenvalue weighted by Crippen LogP contribution is 2.29. The molecule has 3 aromatic rings. The highest BCUT2D eigenvalue weighted by atomic mass is 16.3. The van der Waals surface area contributed by atoms with Crippen molar-refractivity contribution < 1.29 is 14.7 Å². The highest BCUT2D eigenvalue weighted by Gasteiger charge is 2.36. The molecule has 1 aliphatic heterocycles. The van der Waals surface area contributed by atoms with E-state index in [4.69, 9.17) is 0 Å². The van der Waals surface area contributed by atoms with Gasteiger partial charge < -0.3 is 9.67 Å². The molecule has 2 amide bonds. The molecule has 6 nitrogen and oxygen atoms in total. The molecule has 2 aromatic carbocycles. The number of phenolic OH excluding ortho intramolecular Hbond substituents is 1. The molecule has 1 aromatic heterocycles. The van der Waals surface area contributed by atoms with Crippen LogP contribution in [0.3, 0.4) is 0 Å². The second-order valence-electron chi connectivity index (χ2n) is 6.71. The van der Waals surface area contributed by atoms with Gasteiger partial charge in [0.25, 0.3) is 0 Å². The number of hydrogen-bond acceptors (Lipinski definition) is 4. The van der Waals surface area contributed by atoms with Crippen LogP contribution in [0.5, 0.6) is 5.75 Å². The fourth-order valence-corrected chi connectivity index (χ4v) is 3.51. The summed E-state index contributed by atoms with van der Waals surface area (Å²) in [5.41, 5.74) is 3.53. The van der Waals surface area contributed by atoms with E-state index in [1.807, 2.05) is 41.0 Å². The van der Waals surface area contributed by atoms with Gasteiger partial charge in [-0.1, -0.05) is 42.5 Å². The van der Waals surface area contributed by atoms with E-state index in [1.54, 1.807) is 24.5 Å². The van der Waals surface area contributed by atoms with Crippen LogP contribution in [0.2, 0.25) is 0 Å². The Labute approximate surface area is 156 Å². The Balaban J connectivity index is 1.72. The molecule has 0 spiro atoms. The number of imidazole rings is 1. The third kappa shape index (κ3) is 3.60. The Morgan fingerprint density at radius 2 is 1.85 bits per heavy atom. The number of carbonyl (C=O) groups excluding carboxylic acids is 2. The normalized spacial score (nSPS) is 16.5. The van der Waals surface area contributed by atoms with Crippen LogP contribution in [0.25, 0.3) is 0 Å². The van der Waals surface area contributed by atoms with Gasteiger partial charge in [0.15, 0.2) is 0 Å². The van der Waals surface area contributed by atoms with Crippen LogP contribution in [0.1, 0.15) is 34.9 Å². The highest BCUT2D eigenvalue weighted by molar-refractivity contribution is 6.06. The molecule has 2 heterocycles. The van der Waals surface area contributed by atoms with Crippen molar-refractivity contribution in [2.24, 2.45) is 0 Å². The Morgan fingerprint density at radius 3 is 2.56 bits per heavy atom. The number of hydrogen-bond donors (Lipinski definition) is 2. The zero-order chi connectivity index (χ0) is 18.8. The fourth-order valence-electron chi connectivity index (χ4n) is 3.51. The molecule has 1 aliphatic rings. The van der Waals surface area contributed by atoms with Crippen molar-refractivity contribution in [3.8, 4) is 5.75 Å². The van der Waals surface area contributed by atoms with Crippen LogP contribution < -0.4 is 5.32 Å². The molecule has 27 heavy (non-hydrogen) atoms. The van der Waals surface area contributed by atoms with Gasteiger partial charge in [-0.15, -0.1) is 0 Å². The summed E-state index contributed by atoms with van der Waals surface area (Å²) < 4.78 is 1.90. The van der Waals surface area contributed by atoms with Crippen molar-refractivity contribution in [3.63, 3.8) is 0 Å². The Kier molecular flexibility index (Phi) is 4.46. The van der Waals surface area contributed by atoms with E-state index in [0.29, 0.717) is 13.0 Å². The van der Waals surface area contributed by atoms with E-state index in [9.17, 15) is 14.7 Å². The molecule has 0 aliphatic carbocycles. The maximum Gasteiger partial charge on any atom is 0.236 e. The van der Waals surface area contributed by atoms with E-state index in [1.165, 1.54) is 0 Å². The second kappa shape index (κ2) is 7.07. The molecule has 1 saturated heterocycles. The lowest BCUT2D eigenvalue weighted by atomic mass is 9.98. The van der Waals surface area contributed by atoms with Gasteiger partial charge in [0.2, 0.25) is 11.8 Å². The van der Waals surface area contributed by atoms with Crippen molar-refractivity contribution in [2.45, 2.75) is 25.3 Å². The fraction of sp³-hybridized carbons (Fsp3) is 0.190. The third-order valence-corrected chi connectivity index (χ3v) is 4.73. The average Bonchev–Trinajstić information content (AvgIpc) is 3.18. The van der Waals surface area contributed by atoms with Crippen LogP contribution in [0.4, 0.5) is 0 Å². The SMILES string of the molecule is O=C1CC(c2c(Cc3ccccc3)ncn2Cc2cccc(O)c2)C(=O)N1. The predicted octanol–water partition coefficient (Wildman–Crippen LogP) is 2.36. The number of nitrogens with zero attached hydrogens (tertiary/aromatic N) is 2. The van der Waals surface area contributed by atoms with Gasteiger partial charge in [-0.3, -0.25) is 14.9 Å². The van der Waals surface area contributed by atoms with Crippen LogP contribution in [0, 0.1) is 0 Å². The number of benzene rings is 2. The summed E-state index contributed by atoms with van der Waals surface area (Å²) in [4.78, 5) is 28.6. The quantitative estimate of drug-likeness (QED) is 0.683. The number of aromatic nitrogens is 2. The van der Waals surface area contributed by atoms with Crippen LogP contribution in [-0.2, 0) is 22.6 Å². The van der Waals surface area contributed by atoms with Gasteiger partial charge in [0.05, 0.1) is 23.6 Å². The third-order valence-electron chi connectivity index (χ3n) is 4.73. The van der Waals surface area contributed by atoms with E-state index in [0.717, 1.165) is 22.5 Å². The molecule has 136 valence electrons. The Hall–Kier alpha value is -3.41. The van der Waals surface area contributed by atoms with Gasteiger partial charge in [0, 0.05) is 19.4 Å². The molecule has 1 unspecified atom stereocenters. The van der Waals surface area contributed by atoms with Crippen molar-refractivity contribution in [1.29, 1.82) is 0 Å². The first-order chi connectivity index (χ1) is 13.1. The monoisotopic (exact) mass is 361 g/mol. The van der Waals surface area contributed by atoms with Crippen molar-refractivity contribution in [1.82, 2.24) is 14.9 Å². The number of nitrogens with one attached hydrogen (secondary N) is 1. The van der Waals surface area contributed by atoms with Crippen molar-refractivity contribution >= 4 is 11.8 Å². The number of imide groups is 1. The molecule has 0 radical (unpaired) electrons. The first kappa shape index (κ1) is 17.0. The first-order valence-corrected chi connectivity index (χ1v) is 8.79. The Morgan fingerprint density at radius 1 is 1.07 bits per heavy atom. The molecule has 4 rings (SSSR count). The number of phenols is 1. The summed E-state index contributed by atoms with van der Waals surface area (Å²) in [6, 6.07) is 16.9. The lowest BCUT2D eigenvalue weighted by molar-refractivity contribution is -0.125. The molecule has 2 N–H and O–H groups in total. The predicted molar refractivity (Wildman–Crippen MR) is 99.2 cm³/mol. The van der Waals surface area contributed by atoms with Gasteiger partial charge in [-0.2, -0.15) is 0 Å². The minimum absolute atomic E-state index is 0.131. The van der Waals surface area contributed by atoms with E-state index in [-0.39, 0.29) is 24.0 Å². The zero-order valence-corrected chi connectivity index (χ0v) is 14.6. The largest absolute Gasteiger partial charge is 0.508 e. The summed E-state index contributed by atoms with van der Waals surface area (Å²) in [5.74, 6) is -0.906. The lowest BCUT2D eigenvalue weighted by Crippen LogP contribution is -2.23. The lowest BCUT2D eigenvalue weighted by Gasteiger charge is -2.14. The van der Waals surface area contributed by atoms with Crippen molar-refractivity contribution in [3.05, 3.63) is 83.4 Å². The number of amides is 2. The molecule has 0 saturated carbocycles. The van der Waals surface area contributed by atoms with Gasteiger partial charge in [-0.25, -0.2) is 4.98 Å². The molecular formula is C21H19N3O3. The minimum atomic E-state index is -0.545. The minimum Gasteiger partial charge on any atom is -0.508 e. The Bertz CT molecular complexity index is 995. The zero-order valence-electron chi connectivity index (χ0n) is 14.6. The molecule has 0 bridgehead atoms. The van der Waals surface area contributed by atoms with Crippen LogP contribution in [0.15, 0.2) is 60.9 Å². The average molecular weight is 361 g/mol.